The molecule has 0 aliphatic carbocycles. The molecule has 0 amide bonds. The Bertz CT molecular complexity index is 153. The summed E-state index contributed by atoms with van der Waals surface area (Å²) in [5.74, 6) is 1.55. The lowest BCUT2D eigenvalue weighted by Crippen LogP contribution is -2.47. The summed E-state index contributed by atoms with van der Waals surface area (Å²) in [7, 11) is 0. The zero-order chi connectivity index (χ0) is 6.97. The molecule has 2 aliphatic rings. The minimum atomic E-state index is 0.701. The number of hydrogen-bond acceptors (Lipinski definition) is 2. The standard InChI is InChI=1S/C8H14N2/c1-6-8-2-7(4-10-6)3-9-5-8/h7-10H,1-5H2/t7-,8-/m0/s1. The van der Waals surface area contributed by atoms with Crippen LogP contribution in [0.2, 0.25) is 0 Å². The van der Waals surface area contributed by atoms with Crippen LogP contribution in [-0.2, 0) is 0 Å². The Hall–Kier alpha value is -0.500. The van der Waals surface area contributed by atoms with E-state index in [1.54, 1.807) is 0 Å². The third kappa shape index (κ3) is 0.926. The highest BCUT2D eigenvalue weighted by Gasteiger charge is 2.27. The van der Waals surface area contributed by atoms with Gasteiger partial charge in [0.25, 0.3) is 0 Å². The van der Waals surface area contributed by atoms with Crippen molar-refractivity contribution in [3.05, 3.63) is 12.3 Å². The van der Waals surface area contributed by atoms with Crippen LogP contribution in [-0.4, -0.2) is 19.6 Å². The van der Waals surface area contributed by atoms with Crippen LogP contribution in [0.15, 0.2) is 12.3 Å². The Balaban J connectivity index is 2.07. The van der Waals surface area contributed by atoms with Crippen molar-refractivity contribution in [2.45, 2.75) is 6.42 Å². The predicted octanol–water partition coefficient (Wildman–Crippen LogP) is 0.329. The second-order valence-corrected chi connectivity index (χ2v) is 3.36. The zero-order valence-corrected chi connectivity index (χ0v) is 6.19. The Morgan fingerprint density at radius 2 is 2.20 bits per heavy atom. The maximum absolute atomic E-state index is 3.98. The minimum Gasteiger partial charge on any atom is -0.388 e. The van der Waals surface area contributed by atoms with Gasteiger partial charge < -0.3 is 10.6 Å². The molecule has 0 radical (unpaired) electrons. The first kappa shape index (κ1) is 6.23. The lowest BCUT2D eigenvalue weighted by Gasteiger charge is -2.37. The molecule has 2 atom stereocenters. The van der Waals surface area contributed by atoms with E-state index in [1.807, 2.05) is 0 Å². The van der Waals surface area contributed by atoms with Gasteiger partial charge in [-0.05, 0) is 18.9 Å². The van der Waals surface area contributed by atoms with E-state index in [-0.39, 0.29) is 0 Å². The van der Waals surface area contributed by atoms with Crippen LogP contribution < -0.4 is 10.6 Å². The molecule has 2 fully saturated rings. The SMILES string of the molecule is C=C1NC[C@@H]2CNC[C@@H]1C2. The Morgan fingerprint density at radius 3 is 3.00 bits per heavy atom. The summed E-state index contributed by atoms with van der Waals surface area (Å²) in [5, 5.41) is 6.77. The molecule has 2 saturated heterocycles. The van der Waals surface area contributed by atoms with Crippen LogP contribution in [0.25, 0.3) is 0 Å². The van der Waals surface area contributed by atoms with Gasteiger partial charge in [0.2, 0.25) is 0 Å². The summed E-state index contributed by atoms with van der Waals surface area (Å²) in [6, 6.07) is 0. The monoisotopic (exact) mass is 138 g/mol. The molecule has 2 nitrogen and oxygen atoms in total. The molecular formula is C8H14N2. The molecule has 0 aromatic rings. The Labute approximate surface area is 61.7 Å². The van der Waals surface area contributed by atoms with Crippen molar-refractivity contribution in [2.24, 2.45) is 11.8 Å². The zero-order valence-electron chi connectivity index (χ0n) is 6.19. The molecule has 2 heteroatoms. The smallest absolute Gasteiger partial charge is 0.0184 e. The van der Waals surface area contributed by atoms with Crippen molar-refractivity contribution in [3.8, 4) is 0 Å². The van der Waals surface area contributed by atoms with Gasteiger partial charge in [0.1, 0.15) is 0 Å². The molecule has 0 unspecified atom stereocenters. The highest BCUT2D eigenvalue weighted by atomic mass is 15.0. The Morgan fingerprint density at radius 1 is 1.30 bits per heavy atom. The fraction of sp³-hybridized carbons (Fsp3) is 0.750. The van der Waals surface area contributed by atoms with Gasteiger partial charge in [-0.3, -0.25) is 0 Å². The number of nitrogens with one attached hydrogen (secondary N) is 2. The number of rotatable bonds is 0. The molecule has 2 bridgehead atoms. The lowest BCUT2D eigenvalue weighted by atomic mass is 9.85. The fourth-order valence-corrected chi connectivity index (χ4v) is 1.87. The second-order valence-electron chi connectivity index (χ2n) is 3.36. The molecule has 0 aromatic carbocycles. The summed E-state index contributed by atoms with van der Waals surface area (Å²) in [5.41, 5.74) is 1.24. The molecule has 2 heterocycles. The highest BCUT2D eigenvalue weighted by Crippen LogP contribution is 2.24. The summed E-state index contributed by atoms with van der Waals surface area (Å²) in [4.78, 5) is 0. The quantitative estimate of drug-likeness (QED) is 0.504. The number of piperidine rings is 2. The molecule has 56 valence electrons. The van der Waals surface area contributed by atoms with Gasteiger partial charge in [0, 0.05) is 24.7 Å². The van der Waals surface area contributed by atoms with Gasteiger partial charge in [0.15, 0.2) is 0 Å². The molecule has 0 spiro atoms. The average Bonchev–Trinajstić information content (AvgIpc) is 1.99. The summed E-state index contributed by atoms with van der Waals surface area (Å²) in [6.45, 7) is 7.43. The number of hydrogen-bond donors (Lipinski definition) is 2. The average molecular weight is 138 g/mol. The second kappa shape index (κ2) is 2.27. The van der Waals surface area contributed by atoms with Gasteiger partial charge >= 0.3 is 0 Å². The van der Waals surface area contributed by atoms with Crippen LogP contribution in [0, 0.1) is 11.8 Å². The van der Waals surface area contributed by atoms with Crippen LogP contribution >= 0.6 is 0 Å². The molecule has 2 N–H and O–H groups in total. The first-order valence-electron chi connectivity index (χ1n) is 3.99. The maximum atomic E-state index is 3.98. The van der Waals surface area contributed by atoms with Gasteiger partial charge in [-0.2, -0.15) is 0 Å². The largest absolute Gasteiger partial charge is 0.388 e. The van der Waals surface area contributed by atoms with E-state index in [0.717, 1.165) is 19.0 Å². The summed E-state index contributed by atoms with van der Waals surface area (Å²) >= 11 is 0. The van der Waals surface area contributed by atoms with E-state index < -0.39 is 0 Å². The predicted molar refractivity (Wildman–Crippen MR) is 41.6 cm³/mol. The maximum Gasteiger partial charge on any atom is 0.0184 e. The van der Waals surface area contributed by atoms with Crippen molar-refractivity contribution < 1.29 is 0 Å². The van der Waals surface area contributed by atoms with E-state index in [9.17, 15) is 0 Å². The van der Waals surface area contributed by atoms with Gasteiger partial charge in [0.05, 0.1) is 0 Å². The molecule has 2 aliphatic heterocycles. The third-order valence-electron chi connectivity index (χ3n) is 2.55. The molecule has 0 saturated carbocycles. The Kier molecular flexibility index (Phi) is 1.42. The van der Waals surface area contributed by atoms with Crippen molar-refractivity contribution in [1.82, 2.24) is 10.6 Å². The van der Waals surface area contributed by atoms with Crippen molar-refractivity contribution in [3.63, 3.8) is 0 Å². The van der Waals surface area contributed by atoms with Gasteiger partial charge in [-0.25, -0.2) is 0 Å². The highest BCUT2D eigenvalue weighted by molar-refractivity contribution is 5.05. The first-order chi connectivity index (χ1) is 4.86. The van der Waals surface area contributed by atoms with E-state index in [4.69, 9.17) is 0 Å². The minimum absolute atomic E-state index is 0.701. The summed E-state index contributed by atoms with van der Waals surface area (Å²) in [6.07, 6.45) is 1.35. The van der Waals surface area contributed by atoms with Crippen LogP contribution in [0.3, 0.4) is 0 Å². The van der Waals surface area contributed by atoms with Crippen LogP contribution in [0.5, 0.6) is 0 Å². The molecular weight excluding hydrogens is 124 g/mol. The van der Waals surface area contributed by atoms with Crippen molar-refractivity contribution in [1.29, 1.82) is 0 Å². The van der Waals surface area contributed by atoms with E-state index >= 15 is 0 Å². The first-order valence-corrected chi connectivity index (χ1v) is 3.99. The van der Waals surface area contributed by atoms with E-state index in [2.05, 4.69) is 17.2 Å². The van der Waals surface area contributed by atoms with Gasteiger partial charge in [-0.1, -0.05) is 6.58 Å². The van der Waals surface area contributed by atoms with Crippen LogP contribution in [0.1, 0.15) is 6.42 Å². The molecule has 2 rings (SSSR count). The van der Waals surface area contributed by atoms with E-state index in [1.165, 1.54) is 18.7 Å². The molecule has 10 heavy (non-hydrogen) atoms. The summed E-state index contributed by atoms with van der Waals surface area (Å²) < 4.78 is 0. The van der Waals surface area contributed by atoms with E-state index in [0.29, 0.717) is 5.92 Å². The van der Waals surface area contributed by atoms with Crippen molar-refractivity contribution in [2.75, 3.05) is 19.6 Å². The van der Waals surface area contributed by atoms with Crippen LogP contribution in [0.4, 0.5) is 0 Å². The lowest BCUT2D eigenvalue weighted by molar-refractivity contribution is 0.263. The third-order valence-corrected chi connectivity index (χ3v) is 2.55. The number of fused-ring (bicyclic) bond motifs is 2. The molecule has 0 aromatic heterocycles. The van der Waals surface area contributed by atoms with Gasteiger partial charge in [-0.15, -0.1) is 0 Å². The fourth-order valence-electron chi connectivity index (χ4n) is 1.87. The van der Waals surface area contributed by atoms with Crippen molar-refractivity contribution >= 4 is 0 Å². The topological polar surface area (TPSA) is 24.1 Å². The normalized spacial score (nSPS) is 39.0.